The van der Waals surface area contributed by atoms with Crippen LogP contribution in [0.15, 0.2) is 6.07 Å². The molecule has 1 N–H and O–H groups in total. The normalized spacial score (nSPS) is 12.3. The summed E-state index contributed by atoms with van der Waals surface area (Å²) in [4.78, 5) is 26.4. The van der Waals surface area contributed by atoms with Crippen LogP contribution in [0.5, 0.6) is 0 Å². The SMILES string of the molecule is CCCC(C)N(C)CC(=O)Nc1cc(C)c(C(=O)OCC)s1. The van der Waals surface area contributed by atoms with Gasteiger partial charge in [-0.25, -0.2) is 4.79 Å². The highest BCUT2D eigenvalue weighted by molar-refractivity contribution is 7.18. The van der Waals surface area contributed by atoms with Crippen molar-refractivity contribution in [3.63, 3.8) is 0 Å². The highest BCUT2D eigenvalue weighted by Crippen LogP contribution is 2.27. The van der Waals surface area contributed by atoms with Crippen LogP contribution in [0.25, 0.3) is 0 Å². The van der Waals surface area contributed by atoms with E-state index in [1.807, 2.05) is 24.9 Å². The van der Waals surface area contributed by atoms with E-state index in [2.05, 4.69) is 19.2 Å². The lowest BCUT2D eigenvalue weighted by atomic mass is 10.2. The number of anilines is 1. The Kier molecular flexibility index (Phi) is 7.55. The third-order valence-corrected chi connectivity index (χ3v) is 4.63. The van der Waals surface area contributed by atoms with E-state index in [1.54, 1.807) is 6.92 Å². The van der Waals surface area contributed by atoms with Crippen LogP contribution >= 0.6 is 11.3 Å². The minimum absolute atomic E-state index is 0.0675. The van der Waals surface area contributed by atoms with Crippen LogP contribution in [0.4, 0.5) is 5.00 Å². The lowest BCUT2D eigenvalue weighted by Crippen LogP contribution is -2.36. The molecule has 1 amide bonds. The summed E-state index contributed by atoms with van der Waals surface area (Å²) in [5.74, 6) is -0.402. The zero-order valence-corrected chi connectivity index (χ0v) is 14.9. The van der Waals surface area contributed by atoms with Gasteiger partial charge in [-0.05, 0) is 45.9 Å². The van der Waals surface area contributed by atoms with Crippen LogP contribution in [-0.4, -0.2) is 43.0 Å². The third-order valence-electron chi connectivity index (χ3n) is 3.49. The molecule has 0 aromatic carbocycles. The Morgan fingerprint density at radius 1 is 1.41 bits per heavy atom. The molecule has 5 nitrogen and oxygen atoms in total. The maximum atomic E-state index is 12.1. The third kappa shape index (κ3) is 5.42. The first kappa shape index (κ1) is 18.6. The summed E-state index contributed by atoms with van der Waals surface area (Å²) in [5.41, 5.74) is 0.825. The van der Waals surface area contributed by atoms with Gasteiger partial charge in [0.2, 0.25) is 5.91 Å². The molecule has 0 saturated heterocycles. The largest absolute Gasteiger partial charge is 0.462 e. The van der Waals surface area contributed by atoms with Gasteiger partial charge in [0.15, 0.2) is 0 Å². The zero-order chi connectivity index (χ0) is 16.7. The summed E-state index contributed by atoms with van der Waals surface area (Å²) in [5, 5.41) is 3.54. The van der Waals surface area contributed by atoms with Gasteiger partial charge < -0.3 is 10.1 Å². The van der Waals surface area contributed by atoms with E-state index in [0.29, 0.717) is 29.1 Å². The molecular formula is C16H26N2O3S. The Morgan fingerprint density at radius 2 is 2.09 bits per heavy atom. The molecule has 0 aliphatic rings. The molecule has 0 bridgehead atoms. The van der Waals surface area contributed by atoms with Gasteiger partial charge in [0.05, 0.1) is 18.2 Å². The molecule has 0 saturated carbocycles. The maximum absolute atomic E-state index is 12.1. The quantitative estimate of drug-likeness (QED) is 0.745. The molecule has 6 heteroatoms. The number of carbonyl (C=O) groups is 2. The molecule has 22 heavy (non-hydrogen) atoms. The molecule has 0 aliphatic heterocycles. The van der Waals surface area contributed by atoms with Crippen molar-refractivity contribution in [2.24, 2.45) is 0 Å². The van der Waals surface area contributed by atoms with Crippen LogP contribution < -0.4 is 5.32 Å². The number of esters is 1. The first-order valence-electron chi connectivity index (χ1n) is 7.66. The molecule has 1 rings (SSSR count). The predicted molar refractivity (Wildman–Crippen MR) is 90.6 cm³/mol. The second-order valence-corrected chi connectivity index (χ2v) is 6.50. The molecule has 1 unspecified atom stereocenters. The van der Waals surface area contributed by atoms with Crippen molar-refractivity contribution >= 4 is 28.2 Å². The topological polar surface area (TPSA) is 58.6 Å². The monoisotopic (exact) mass is 326 g/mol. The van der Waals surface area contributed by atoms with Crippen LogP contribution in [0.2, 0.25) is 0 Å². The van der Waals surface area contributed by atoms with Crippen molar-refractivity contribution in [3.05, 3.63) is 16.5 Å². The number of nitrogens with zero attached hydrogens (tertiary/aromatic N) is 1. The van der Waals surface area contributed by atoms with Crippen molar-refractivity contribution in [1.29, 1.82) is 0 Å². The Bertz CT molecular complexity index is 513. The molecule has 1 atom stereocenters. The first-order valence-corrected chi connectivity index (χ1v) is 8.48. The van der Waals surface area contributed by atoms with Crippen LogP contribution in [0.1, 0.15) is 48.8 Å². The Hall–Kier alpha value is -1.40. The summed E-state index contributed by atoms with van der Waals surface area (Å²) in [6, 6.07) is 2.18. The second kappa shape index (κ2) is 8.90. The molecule has 1 aromatic heterocycles. The number of hydrogen-bond donors (Lipinski definition) is 1. The Labute approximate surface area is 136 Å². The van der Waals surface area contributed by atoms with Crippen molar-refractivity contribution in [1.82, 2.24) is 4.90 Å². The van der Waals surface area contributed by atoms with Gasteiger partial charge in [0.1, 0.15) is 4.88 Å². The number of likely N-dealkylation sites (N-methyl/N-ethyl adjacent to an activating group) is 1. The average Bonchev–Trinajstić information content (AvgIpc) is 2.79. The number of rotatable bonds is 8. The molecule has 0 fully saturated rings. The predicted octanol–water partition coefficient (Wildman–Crippen LogP) is 3.29. The van der Waals surface area contributed by atoms with Gasteiger partial charge in [0.25, 0.3) is 0 Å². The lowest BCUT2D eigenvalue weighted by molar-refractivity contribution is -0.117. The zero-order valence-electron chi connectivity index (χ0n) is 14.1. The van der Waals surface area contributed by atoms with Gasteiger partial charge in [0, 0.05) is 6.04 Å². The standard InChI is InChI=1S/C16H26N2O3S/c1-6-8-12(4)18(5)10-13(19)17-14-9-11(3)15(22-14)16(20)21-7-2/h9,12H,6-8,10H2,1-5H3,(H,17,19). The van der Waals surface area contributed by atoms with E-state index in [9.17, 15) is 9.59 Å². The van der Waals surface area contributed by atoms with E-state index in [0.717, 1.165) is 18.4 Å². The van der Waals surface area contributed by atoms with E-state index in [4.69, 9.17) is 4.74 Å². The van der Waals surface area contributed by atoms with E-state index < -0.39 is 0 Å². The fourth-order valence-corrected chi connectivity index (χ4v) is 3.12. The molecule has 0 spiro atoms. The Morgan fingerprint density at radius 3 is 2.68 bits per heavy atom. The molecule has 1 heterocycles. The fraction of sp³-hybridized carbons (Fsp3) is 0.625. The number of aryl methyl sites for hydroxylation is 1. The molecule has 0 radical (unpaired) electrons. The molecule has 0 aliphatic carbocycles. The van der Waals surface area contributed by atoms with Crippen molar-refractivity contribution in [3.8, 4) is 0 Å². The number of nitrogens with one attached hydrogen (secondary N) is 1. The van der Waals surface area contributed by atoms with Gasteiger partial charge in [-0.15, -0.1) is 11.3 Å². The van der Waals surface area contributed by atoms with Crippen LogP contribution in [0.3, 0.4) is 0 Å². The summed E-state index contributed by atoms with van der Waals surface area (Å²) >= 11 is 1.26. The number of amides is 1. The average molecular weight is 326 g/mol. The van der Waals surface area contributed by atoms with Gasteiger partial charge in [-0.3, -0.25) is 9.69 Å². The Balaban J connectivity index is 2.62. The highest BCUT2D eigenvalue weighted by Gasteiger charge is 2.17. The number of carbonyl (C=O) groups excluding carboxylic acids is 2. The van der Waals surface area contributed by atoms with Crippen molar-refractivity contribution in [2.75, 3.05) is 25.5 Å². The fourth-order valence-electron chi connectivity index (χ4n) is 2.14. The van der Waals surface area contributed by atoms with E-state index in [-0.39, 0.29) is 11.9 Å². The summed E-state index contributed by atoms with van der Waals surface area (Å²) in [6.07, 6.45) is 2.16. The number of thiophene rings is 1. The maximum Gasteiger partial charge on any atom is 0.348 e. The second-order valence-electron chi connectivity index (χ2n) is 5.44. The minimum Gasteiger partial charge on any atom is -0.462 e. The highest BCUT2D eigenvalue weighted by atomic mass is 32.1. The van der Waals surface area contributed by atoms with Gasteiger partial charge in [-0.1, -0.05) is 13.3 Å². The summed E-state index contributed by atoms with van der Waals surface area (Å²) in [7, 11) is 1.95. The smallest absolute Gasteiger partial charge is 0.348 e. The van der Waals surface area contributed by atoms with Crippen LogP contribution in [0, 0.1) is 6.92 Å². The van der Waals surface area contributed by atoms with Crippen molar-refractivity contribution < 1.29 is 14.3 Å². The van der Waals surface area contributed by atoms with E-state index >= 15 is 0 Å². The number of hydrogen-bond acceptors (Lipinski definition) is 5. The number of ether oxygens (including phenoxy) is 1. The van der Waals surface area contributed by atoms with Gasteiger partial charge in [-0.2, -0.15) is 0 Å². The lowest BCUT2D eigenvalue weighted by Gasteiger charge is -2.23. The molecule has 124 valence electrons. The van der Waals surface area contributed by atoms with Crippen molar-refractivity contribution in [2.45, 2.75) is 46.6 Å². The summed E-state index contributed by atoms with van der Waals surface area (Å²) in [6.45, 7) is 8.55. The molecule has 1 aromatic rings. The van der Waals surface area contributed by atoms with Crippen LogP contribution in [-0.2, 0) is 9.53 Å². The first-order chi connectivity index (χ1) is 10.4. The molecular weight excluding hydrogens is 300 g/mol. The summed E-state index contributed by atoms with van der Waals surface area (Å²) < 4.78 is 5.00. The van der Waals surface area contributed by atoms with Gasteiger partial charge >= 0.3 is 5.97 Å². The minimum atomic E-state index is -0.334. The van der Waals surface area contributed by atoms with E-state index in [1.165, 1.54) is 11.3 Å².